The van der Waals surface area contributed by atoms with Crippen LogP contribution in [0, 0.1) is 17.6 Å². The quantitative estimate of drug-likeness (QED) is 0.113. The lowest BCUT2D eigenvalue weighted by atomic mass is 9.99. The SMILES string of the molecule is CC[C@H](NC(=O)[C@H](C)NC)C(=O)N1C[C@@H](F)C[C@H]1Cc1c(-c2nc3cc(F)ccc3n2C[C@@H]2C[C@H](F)CN2C(=O)[C@@H](NC(=O)[C@H](C)NC)C(C)C)[nH]c2cc(F)ccc12. The zero-order valence-corrected chi connectivity index (χ0v) is 34.5. The van der Waals surface area contributed by atoms with Crippen LogP contribution in [0.2, 0.25) is 0 Å². The van der Waals surface area contributed by atoms with E-state index in [1.165, 1.54) is 34.1 Å². The zero-order valence-electron chi connectivity index (χ0n) is 34.5. The summed E-state index contributed by atoms with van der Waals surface area (Å²) in [7, 11) is 3.26. The van der Waals surface area contributed by atoms with Gasteiger partial charge in [0.15, 0.2) is 5.82 Å². The average molecular weight is 826 g/mol. The van der Waals surface area contributed by atoms with Crippen molar-refractivity contribution in [3.63, 3.8) is 0 Å². The number of nitrogens with one attached hydrogen (secondary N) is 5. The second-order valence-corrected chi connectivity index (χ2v) is 16.2. The molecule has 17 heteroatoms. The normalized spacial score (nSPS) is 21.6. The van der Waals surface area contributed by atoms with Crippen LogP contribution in [-0.2, 0) is 32.1 Å². The summed E-state index contributed by atoms with van der Waals surface area (Å²) in [5.41, 5.74) is 2.16. The van der Waals surface area contributed by atoms with E-state index >= 15 is 8.78 Å². The predicted octanol–water partition coefficient (Wildman–Crippen LogP) is 4.13. The maximum atomic E-state index is 15.4. The second-order valence-electron chi connectivity index (χ2n) is 16.2. The molecule has 0 saturated carbocycles. The Balaban J connectivity index is 1.40. The number of aromatic amines is 1. The molecule has 2 aliphatic rings. The van der Waals surface area contributed by atoms with Crippen LogP contribution in [0.1, 0.15) is 59.4 Å². The third-order valence-corrected chi connectivity index (χ3v) is 11.8. The first kappa shape index (κ1) is 43.5. The van der Waals surface area contributed by atoms with E-state index in [-0.39, 0.29) is 74.4 Å². The Kier molecular flexibility index (Phi) is 13.3. The number of fused-ring (bicyclic) bond motifs is 2. The minimum Gasteiger partial charge on any atom is -0.352 e. The molecule has 0 radical (unpaired) electrons. The number of halogens is 4. The number of carbonyl (C=O) groups is 4. The van der Waals surface area contributed by atoms with E-state index in [1.54, 1.807) is 65.4 Å². The maximum absolute atomic E-state index is 15.4. The van der Waals surface area contributed by atoms with Gasteiger partial charge in [-0.05, 0) is 82.6 Å². The Morgan fingerprint density at radius 1 is 0.831 bits per heavy atom. The van der Waals surface area contributed by atoms with Gasteiger partial charge in [-0.2, -0.15) is 0 Å². The lowest BCUT2D eigenvalue weighted by Crippen LogP contribution is -2.55. The van der Waals surface area contributed by atoms with Gasteiger partial charge < -0.3 is 40.6 Å². The number of hydrogen-bond acceptors (Lipinski definition) is 7. The van der Waals surface area contributed by atoms with Crippen molar-refractivity contribution in [3.8, 4) is 11.5 Å². The first-order chi connectivity index (χ1) is 28.0. The van der Waals surface area contributed by atoms with Crippen molar-refractivity contribution in [2.75, 3.05) is 27.2 Å². The van der Waals surface area contributed by atoms with Gasteiger partial charge in [0.25, 0.3) is 0 Å². The Hall–Kier alpha value is -5.03. The molecule has 0 unspecified atom stereocenters. The summed E-state index contributed by atoms with van der Waals surface area (Å²) in [4.78, 5) is 64.9. The van der Waals surface area contributed by atoms with E-state index in [9.17, 15) is 28.0 Å². The van der Waals surface area contributed by atoms with E-state index in [0.717, 1.165) is 0 Å². The number of likely N-dealkylation sites (tertiary alicyclic amines) is 2. The molecule has 2 aromatic heterocycles. The predicted molar refractivity (Wildman–Crippen MR) is 217 cm³/mol. The number of aromatic nitrogens is 3. The first-order valence-corrected chi connectivity index (χ1v) is 20.4. The van der Waals surface area contributed by atoms with Crippen molar-refractivity contribution in [1.29, 1.82) is 0 Å². The lowest BCUT2D eigenvalue weighted by molar-refractivity contribution is -0.139. The smallest absolute Gasteiger partial charge is 0.245 e. The van der Waals surface area contributed by atoms with Crippen molar-refractivity contribution < 1.29 is 36.7 Å². The summed E-state index contributed by atoms with van der Waals surface area (Å²) in [5.74, 6) is -2.69. The number of benzene rings is 2. The van der Waals surface area contributed by atoms with Crippen LogP contribution in [-0.4, -0.2) is 124 Å². The summed E-state index contributed by atoms with van der Waals surface area (Å²) >= 11 is 0. The standard InChI is InChI=1S/C42H55F4N9O4/c1-8-32(51-39(56)22(4)47-6)41(58)53-18-26(45)13-28(53)17-31-30-11-9-24(43)15-33(30)49-37(31)38-50-34-16-25(44)10-12-35(34)55(38)20-29-14-27(46)19-54(29)42(59)36(21(2)3)52-40(57)23(5)48-7/h9-12,15-16,21-23,26-29,32,36,47-49H,8,13-14,17-20H2,1-7H3,(H,51,56)(H,52,57)/t22-,23-,26-,27-,28-,29-,32-,36-/m0/s1. The number of amides is 4. The molecule has 320 valence electrons. The zero-order chi connectivity index (χ0) is 42.9. The fourth-order valence-electron chi connectivity index (χ4n) is 8.25. The third-order valence-electron chi connectivity index (χ3n) is 11.8. The molecule has 4 aromatic rings. The Morgan fingerprint density at radius 3 is 2.05 bits per heavy atom. The highest BCUT2D eigenvalue weighted by molar-refractivity contribution is 5.93. The molecule has 0 aliphatic carbocycles. The van der Waals surface area contributed by atoms with Gasteiger partial charge in [0.1, 0.15) is 36.1 Å². The number of likely N-dealkylation sites (N-methyl/N-ethyl adjacent to an activating group) is 2. The van der Waals surface area contributed by atoms with Gasteiger partial charge in [0.2, 0.25) is 23.6 Å². The van der Waals surface area contributed by atoms with Crippen LogP contribution in [0.3, 0.4) is 0 Å². The van der Waals surface area contributed by atoms with Gasteiger partial charge >= 0.3 is 0 Å². The highest BCUT2D eigenvalue weighted by Gasteiger charge is 2.42. The maximum Gasteiger partial charge on any atom is 0.245 e. The number of carbonyl (C=O) groups excluding carboxylic acids is 4. The third kappa shape index (κ3) is 9.10. The van der Waals surface area contributed by atoms with Gasteiger partial charge in [-0.25, -0.2) is 22.5 Å². The van der Waals surface area contributed by atoms with E-state index < -0.39 is 72.0 Å². The summed E-state index contributed by atoms with van der Waals surface area (Å²) in [6, 6.07) is 3.98. The van der Waals surface area contributed by atoms with Crippen molar-refractivity contribution in [1.82, 2.24) is 45.6 Å². The molecule has 6 rings (SSSR count). The number of nitrogens with zero attached hydrogens (tertiary/aromatic N) is 4. The second kappa shape index (κ2) is 18.1. The summed E-state index contributed by atoms with van der Waals surface area (Å²) in [6.45, 7) is 8.35. The van der Waals surface area contributed by atoms with Gasteiger partial charge in [-0.1, -0.05) is 20.8 Å². The summed E-state index contributed by atoms with van der Waals surface area (Å²) in [5, 5.41) is 11.9. The Labute approximate surface area is 341 Å². The molecular formula is C42H55F4N9O4. The molecule has 59 heavy (non-hydrogen) atoms. The van der Waals surface area contributed by atoms with Crippen molar-refractivity contribution in [2.24, 2.45) is 5.92 Å². The van der Waals surface area contributed by atoms with Crippen LogP contribution < -0.4 is 21.3 Å². The Morgan fingerprint density at radius 2 is 1.42 bits per heavy atom. The molecule has 2 aliphatic heterocycles. The van der Waals surface area contributed by atoms with Crippen LogP contribution in [0.5, 0.6) is 0 Å². The van der Waals surface area contributed by atoms with Gasteiger partial charge in [-0.3, -0.25) is 19.2 Å². The number of imidazole rings is 1. The molecule has 2 aromatic carbocycles. The van der Waals surface area contributed by atoms with Gasteiger partial charge in [0.05, 0.1) is 47.9 Å². The lowest BCUT2D eigenvalue weighted by Gasteiger charge is -2.32. The van der Waals surface area contributed by atoms with Crippen molar-refractivity contribution >= 4 is 45.6 Å². The van der Waals surface area contributed by atoms with Crippen LogP contribution >= 0.6 is 0 Å². The molecule has 2 saturated heterocycles. The molecular weight excluding hydrogens is 771 g/mol. The van der Waals surface area contributed by atoms with Crippen LogP contribution in [0.25, 0.3) is 33.5 Å². The van der Waals surface area contributed by atoms with E-state index in [1.807, 2.05) is 0 Å². The molecule has 0 spiro atoms. The molecule has 2 fully saturated rings. The van der Waals surface area contributed by atoms with E-state index in [4.69, 9.17) is 4.98 Å². The fraction of sp³-hybridized carbons (Fsp3) is 0.548. The van der Waals surface area contributed by atoms with Crippen LogP contribution in [0.15, 0.2) is 36.4 Å². The average Bonchev–Trinajstić information content (AvgIpc) is 3.96. The molecule has 0 bridgehead atoms. The summed E-state index contributed by atoms with van der Waals surface area (Å²) < 4.78 is 62.1. The number of alkyl halides is 2. The van der Waals surface area contributed by atoms with E-state index in [2.05, 4.69) is 26.3 Å². The van der Waals surface area contributed by atoms with Crippen molar-refractivity contribution in [2.45, 2.75) is 115 Å². The summed E-state index contributed by atoms with van der Waals surface area (Å²) in [6.07, 6.45) is -2.31. The Bertz CT molecular complexity index is 2190. The number of hydrogen-bond donors (Lipinski definition) is 5. The topological polar surface area (TPSA) is 156 Å². The minimum atomic E-state index is -1.36. The fourth-order valence-corrected chi connectivity index (χ4v) is 8.25. The molecule has 4 amide bonds. The van der Waals surface area contributed by atoms with Gasteiger partial charge in [-0.15, -0.1) is 0 Å². The van der Waals surface area contributed by atoms with Crippen molar-refractivity contribution in [3.05, 3.63) is 53.6 Å². The molecule has 8 atom stereocenters. The molecule has 4 heterocycles. The highest BCUT2D eigenvalue weighted by Crippen LogP contribution is 2.37. The molecule has 13 nitrogen and oxygen atoms in total. The number of rotatable bonds is 15. The number of H-pyrrole nitrogens is 1. The minimum absolute atomic E-state index is 0.00958. The van der Waals surface area contributed by atoms with E-state index in [0.29, 0.717) is 27.7 Å². The monoisotopic (exact) mass is 825 g/mol. The highest BCUT2D eigenvalue weighted by atomic mass is 19.1. The van der Waals surface area contributed by atoms with Crippen LogP contribution in [0.4, 0.5) is 17.6 Å². The molecule has 5 N–H and O–H groups in total. The van der Waals surface area contributed by atoms with Gasteiger partial charge in [0, 0.05) is 42.4 Å². The largest absolute Gasteiger partial charge is 0.352 e. The first-order valence-electron chi connectivity index (χ1n) is 20.4.